The third-order valence-corrected chi connectivity index (χ3v) is 17.0. The number of rotatable bonds is 10. The zero-order valence-electron chi connectivity index (χ0n) is 46.6. The number of aromatic hydroxyl groups is 1. The maximum atomic E-state index is 11.9. The molecule has 2 heterocycles. The number of fused-ring (bicyclic) bond motifs is 5. The van der Waals surface area contributed by atoms with Crippen LogP contribution in [-0.4, -0.2) is 57.4 Å². The van der Waals surface area contributed by atoms with Crippen LogP contribution in [0.4, 0.5) is 0 Å². The smallest absolute Gasteiger partial charge is 0.463 e. The van der Waals surface area contributed by atoms with Gasteiger partial charge in [-0.15, -0.1) is 10.3 Å². The molecular weight excluding hydrogens is 991 g/mol. The Morgan fingerprint density at radius 1 is 0.676 bits per heavy atom. The second-order valence-corrected chi connectivity index (χ2v) is 30.4. The van der Waals surface area contributed by atoms with Crippen LogP contribution in [0.2, 0.25) is 0 Å². The van der Waals surface area contributed by atoms with Gasteiger partial charge < -0.3 is 41.6 Å². The van der Waals surface area contributed by atoms with Gasteiger partial charge in [0.05, 0.1) is 33.0 Å². The molecule has 3 aliphatic carbocycles. The summed E-state index contributed by atoms with van der Waals surface area (Å²) in [5.74, 6) is 5.23. The van der Waals surface area contributed by atoms with Crippen molar-refractivity contribution in [2.75, 3.05) is 40.1 Å². The van der Waals surface area contributed by atoms with Gasteiger partial charge in [-0.3, -0.25) is 9.05 Å². The fourth-order valence-corrected chi connectivity index (χ4v) is 13.6. The van der Waals surface area contributed by atoms with Crippen molar-refractivity contribution in [2.24, 2.45) is 17.3 Å². The molecule has 0 bridgehead atoms. The van der Waals surface area contributed by atoms with Crippen LogP contribution in [0.25, 0.3) is 22.5 Å². The summed E-state index contributed by atoms with van der Waals surface area (Å²) in [5, 5.41) is 11.9. The lowest BCUT2D eigenvalue weighted by molar-refractivity contribution is 0.120. The monoisotopic (exact) mass is 1070 g/mol. The van der Waals surface area contributed by atoms with Gasteiger partial charge in [0.25, 0.3) is 0 Å². The van der Waals surface area contributed by atoms with E-state index in [1.165, 1.54) is 0 Å². The quantitative estimate of drug-likeness (QED) is 0.121. The van der Waals surface area contributed by atoms with E-state index in [-0.39, 0.29) is 34.5 Å². The zero-order valence-corrected chi connectivity index (χ0v) is 49.2. The molecule has 6 atom stereocenters. The third kappa shape index (κ3) is 10.7. The van der Waals surface area contributed by atoms with Crippen LogP contribution >= 0.6 is 27.5 Å². The minimum atomic E-state index is -2.25. The van der Waals surface area contributed by atoms with E-state index in [1.54, 1.807) is 33.5 Å². The third-order valence-electron chi connectivity index (χ3n) is 14.1. The zero-order chi connectivity index (χ0) is 53.6. The molecule has 0 aromatic heterocycles. The van der Waals surface area contributed by atoms with E-state index < -0.39 is 44.4 Å². The van der Waals surface area contributed by atoms with E-state index in [2.05, 4.69) is 132 Å². The lowest BCUT2D eigenvalue weighted by Gasteiger charge is -2.41. The molecule has 2 aliphatic heterocycles. The molecule has 0 saturated carbocycles. The van der Waals surface area contributed by atoms with Crippen molar-refractivity contribution in [3.05, 3.63) is 124 Å². The SMILES string of the molecule is COC1=CC(C(C)(C)C)C2OP(Oc3c(-c4cc(OC)cc(C(C)(C)C)c4OP4OC5=C6C(C=CCC6O4)Cc4cccc(OS(C)(C)C)c45)cc(O)cc3C(C)(C)C)Oc3c(cc(OC)cc3C(C)(C)C)C2=C1. The average molecular weight is 1070 g/mol. The highest BCUT2D eigenvalue weighted by Crippen LogP contribution is 2.63. The van der Waals surface area contributed by atoms with Gasteiger partial charge in [-0.25, -0.2) is 0 Å². The Bertz CT molecular complexity index is 2970. The predicted molar refractivity (Wildman–Crippen MR) is 302 cm³/mol. The molecule has 1 N–H and O–H groups in total. The van der Waals surface area contributed by atoms with Crippen molar-refractivity contribution < 1.29 is 50.6 Å². The Balaban J connectivity index is 1.23. The van der Waals surface area contributed by atoms with Crippen LogP contribution in [0.3, 0.4) is 0 Å². The average Bonchev–Trinajstić information content (AvgIpc) is 3.45. The molecule has 4 aromatic carbocycles. The number of phenolic OH excluding ortho intramolecular Hbond substituents is 1. The fourth-order valence-electron chi connectivity index (χ4n) is 10.4. The summed E-state index contributed by atoms with van der Waals surface area (Å²) >= 11 is 0. The molecule has 11 nitrogen and oxygen atoms in total. The number of benzene rings is 4. The Morgan fingerprint density at radius 3 is 1.86 bits per heavy atom. The number of hydrogen-bond acceptors (Lipinski definition) is 11. The number of methoxy groups -OCH3 is 3. The summed E-state index contributed by atoms with van der Waals surface area (Å²) in [6.45, 7) is 25.8. The van der Waals surface area contributed by atoms with E-state index in [4.69, 9.17) is 45.5 Å². The standard InChI is InChI=1S/C60H76O11P2S/c1-57(2,3)44-27-36(61)26-40(52(44)67-73-68-54-42(29-38(63-14)32-46(54)59(7,8)9)43-30-39(64-15)33-47(55(43)69-73)60(10,11)12)41-28-37(62-13)31-45(58(4,5)6)53(41)66-72-65-48-23-19-21-34-25-35-22-20-24-49(71-74(16,17)18)51(35)56(70-72)50(34)48/h19-22,24,26-34,46,48,54,61H,23,25H2,1-18H3. The first-order chi connectivity index (χ1) is 34.6. The highest BCUT2D eigenvalue weighted by Gasteiger charge is 2.47. The van der Waals surface area contributed by atoms with E-state index >= 15 is 0 Å². The molecule has 0 saturated heterocycles. The van der Waals surface area contributed by atoms with Gasteiger partial charge in [-0.05, 0) is 119 Å². The summed E-state index contributed by atoms with van der Waals surface area (Å²) in [6, 6.07) is 17.8. The number of phenols is 1. The molecule has 4 aromatic rings. The minimum Gasteiger partial charge on any atom is -0.508 e. The maximum absolute atomic E-state index is 11.9. The van der Waals surface area contributed by atoms with Gasteiger partial charge in [0.1, 0.15) is 57.9 Å². The molecular formula is C60H76O11P2S. The first-order valence-corrected chi connectivity index (χ1v) is 30.4. The van der Waals surface area contributed by atoms with Gasteiger partial charge in [0, 0.05) is 50.8 Å². The first kappa shape index (κ1) is 54.0. The van der Waals surface area contributed by atoms with Crippen LogP contribution in [-0.2, 0) is 41.0 Å². The van der Waals surface area contributed by atoms with Crippen molar-refractivity contribution in [1.82, 2.24) is 0 Å². The second kappa shape index (κ2) is 19.6. The van der Waals surface area contributed by atoms with E-state index in [9.17, 15) is 5.11 Å². The summed E-state index contributed by atoms with van der Waals surface area (Å²) in [4.78, 5) is 0. The molecule has 0 spiro atoms. The molecule has 5 aliphatic rings. The highest BCUT2D eigenvalue weighted by molar-refractivity contribution is 8.28. The van der Waals surface area contributed by atoms with Crippen LogP contribution < -0.4 is 27.2 Å². The van der Waals surface area contributed by atoms with E-state index in [0.717, 1.165) is 68.2 Å². The second-order valence-electron chi connectivity index (χ2n) is 24.8. The highest BCUT2D eigenvalue weighted by atomic mass is 32.3. The van der Waals surface area contributed by atoms with E-state index in [1.807, 2.05) is 36.4 Å². The van der Waals surface area contributed by atoms with Gasteiger partial charge in [0.15, 0.2) is 0 Å². The fraction of sp³-hybridized carbons (Fsp3) is 0.467. The summed E-state index contributed by atoms with van der Waals surface area (Å²) < 4.78 is 68.2. The van der Waals surface area contributed by atoms with Crippen LogP contribution in [0.15, 0.2) is 90.2 Å². The molecule has 14 heteroatoms. The van der Waals surface area contributed by atoms with Crippen LogP contribution in [0.1, 0.15) is 123 Å². The largest absolute Gasteiger partial charge is 0.508 e. The Hall–Kier alpha value is -4.83. The molecule has 74 heavy (non-hydrogen) atoms. The van der Waals surface area contributed by atoms with Crippen molar-refractivity contribution in [3.8, 4) is 51.4 Å². The van der Waals surface area contributed by atoms with Gasteiger partial charge in [-0.1, -0.05) is 107 Å². The van der Waals surface area contributed by atoms with Crippen molar-refractivity contribution in [2.45, 2.75) is 124 Å². The van der Waals surface area contributed by atoms with Crippen molar-refractivity contribution in [1.29, 1.82) is 0 Å². The first-order valence-electron chi connectivity index (χ1n) is 25.4. The summed E-state index contributed by atoms with van der Waals surface area (Å²) in [7, 11) is -0.693. The Labute approximate surface area is 444 Å². The Morgan fingerprint density at radius 2 is 1.27 bits per heavy atom. The molecule has 0 radical (unpaired) electrons. The normalized spacial score (nSPS) is 22.8. The molecule has 9 rings (SSSR count). The van der Waals surface area contributed by atoms with Crippen LogP contribution in [0.5, 0.6) is 40.2 Å². The van der Waals surface area contributed by atoms with E-state index in [0.29, 0.717) is 46.3 Å². The summed E-state index contributed by atoms with van der Waals surface area (Å²) in [6.07, 6.45) is 15.8. The number of allylic oxidation sites excluding steroid dienone is 2. The number of hydrogen-bond donors (Lipinski definition) is 1. The van der Waals surface area contributed by atoms with Gasteiger partial charge >= 0.3 is 17.2 Å². The minimum absolute atomic E-state index is 0.0480. The summed E-state index contributed by atoms with van der Waals surface area (Å²) in [5.41, 5.74) is 6.94. The Kier molecular flexibility index (Phi) is 14.3. The molecule has 6 unspecified atom stereocenters. The topological polar surface area (TPSA) is 113 Å². The number of ether oxygens (including phenoxy) is 3. The molecule has 398 valence electrons. The van der Waals surface area contributed by atoms with Crippen LogP contribution in [0, 0.1) is 17.3 Å². The lowest BCUT2D eigenvalue weighted by Crippen LogP contribution is -2.35. The molecule has 0 fully saturated rings. The predicted octanol–water partition coefficient (Wildman–Crippen LogP) is 16.2. The maximum Gasteiger partial charge on any atom is 0.463 e. The van der Waals surface area contributed by atoms with Crippen molar-refractivity contribution >= 4 is 38.8 Å². The van der Waals surface area contributed by atoms with Crippen molar-refractivity contribution in [3.63, 3.8) is 0 Å². The molecule has 0 amide bonds. The van der Waals surface area contributed by atoms with Gasteiger partial charge in [-0.2, -0.15) is 0 Å². The lowest BCUT2D eigenvalue weighted by atomic mass is 9.71. The van der Waals surface area contributed by atoms with Gasteiger partial charge in [0.2, 0.25) is 0 Å².